The van der Waals surface area contributed by atoms with Crippen LogP contribution in [0, 0.1) is 13.8 Å². The van der Waals surface area contributed by atoms with Gasteiger partial charge in [-0.05, 0) is 25.5 Å². The van der Waals surface area contributed by atoms with Crippen molar-refractivity contribution < 1.29 is 14.7 Å². The van der Waals surface area contributed by atoms with E-state index in [0.29, 0.717) is 6.42 Å². The molecule has 5 nitrogen and oxygen atoms in total. The lowest BCUT2D eigenvalue weighted by molar-refractivity contribution is -0.141. The monoisotopic (exact) mass is 238 g/mol. The highest BCUT2D eigenvalue weighted by Crippen LogP contribution is 2.15. The zero-order chi connectivity index (χ0) is 13.2. The second kappa shape index (κ2) is 5.03. The van der Waals surface area contributed by atoms with Gasteiger partial charge in [-0.2, -0.15) is 0 Å². The van der Waals surface area contributed by atoms with Crippen LogP contribution in [0.25, 0.3) is 0 Å². The Labute approximate surface area is 100 Å². The fourth-order valence-electron chi connectivity index (χ4n) is 1.81. The fraction of sp³-hybridized carbons (Fsp3) is 0.500. The van der Waals surface area contributed by atoms with Crippen LogP contribution in [0.15, 0.2) is 6.07 Å². The highest BCUT2D eigenvalue weighted by Gasteiger charge is 2.20. The molecule has 1 atom stereocenters. The summed E-state index contributed by atoms with van der Waals surface area (Å²) < 4.78 is 2.00. The van der Waals surface area contributed by atoms with E-state index in [9.17, 15) is 9.59 Å². The molecule has 1 amide bonds. The van der Waals surface area contributed by atoms with Crippen molar-refractivity contribution in [1.82, 2.24) is 9.88 Å². The van der Waals surface area contributed by atoms with E-state index in [1.165, 1.54) is 6.92 Å². The second-order valence-corrected chi connectivity index (χ2v) is 4.25. The highest BCUT2D eigenvalue weighted by molar-refractivity contribution is 5.82. The lowest BCUT2D eigenvalue weighted by Crippen LogP contribution is -2.41. The predicted octanol–water partition coefficient (Wildman–Crippen LogP) is 0.774. The molecule has 1 aromatic rings. The minimum atomic E-state index is -1.01. The lowest BCUT2D eigenvalue weighted by atomic mass is 10.1. The van der Waals surface area contributed by atoms with Gasteiger partial charge in [0.2, 0.25) is 5.91 Å². The molecule has 0 saturated carbocycles. The van der Waals surface area contributed by atoms with E-state index in [1.807, 2.05) is 31.5 Å². The molecule has 1 aromatic heterocycles. The van der Waals surface area contributed by atoms with Crippen molar-refractivity contribution in [3.63, 3.8) is 0 Å². The molecule has 0 aliphatic carbocycles. The van der Waals surface area contributed by atoms with Crippen LogP contribution in [0.1, 0.15) is 23.9 Å². The van der Waals surface area contributed by atoms with Gasteiger partial charge in [-0.3, -0.25) is 4.79 Å². The summed E-state index contributed by atoms with van der Waals surface area (Å²) in [5, 5.41) is 11.5. The van der Waals surface area contributed by atoms with Crippen molar-refractivity contribution in [3.8, 4) is 0 Å². The molecular formula is C12H18N2O3. The molecule has 0 radical (unpaired) electrons. The molecule has 0 aliphatic rings. The topological polar surface area (TPSA) is 71.3 Å². The molecule has 94 valence electrons. The molecule has 1 rings (SSSR count). The summed E-state index contributed by atoms with van der Waals surface area (Å²) >= 11 is 0. The Hall–Kier alpha value is -1.78. The summed E-state index contributed by atoms with van der Waals surface area (Å²) in [6, 6.07) is 1.08. The molecule has 0 spiro atoms. The summed E-state index contributed by atoms with van der Waals surface area (Å²) in [4.78, 5) is 21.9. The van der Waals surface area contributed by atoms with E-state index in [1.54, 1.807) is 0 Å². The molecule has 1 unspecified atom stereocenters. The van der Waals surface area contributed by atoms with Crippen LogP contribution in [0.4, 0.5) is 0 Å². The summed E-state index contributed by atoms with van der Waals surface area (Å²) in [5.74, 6) is -1.34. The maximum atomic E-state index is 11.0. The number of amides is 1. The number of rotatable bonds is 4. The van der Waals surface area contributed by atoms with Crippen LogP contribution in [-0.2, 0) is 23.1 Å². The van der Waals surface area contributed by atoms with Gasteiger partial charge in [-0.15, -0.1) is 0 Å². The minimum absolute atomic E-state index is 0.308. The van der Waals surface area contributed by atoms with Crippen LogP contribution >= 0.6 is 0 Å². The van der Waals surface area contributed by atoms with Crippen LogP contribution in [0.3, 0.4) is 0 Å². The molecule has 0 saturated heterocycles. The number of aryl methyl sites for hydroxylation is 1. The Bertz CT molecular complexity index is 449. The van der Waals surface area contributed by atoms with Gasteiger partial charge in [-0.25, -0.2) is 4.79 Å². The Kier molecular flexibility index (Phi) is 3.93. The number of aliphatic carboxylic acids is 1. The Morgan fingerprint density at radius 2 is 2.06 bits per heavy atom. The van der Waals surface area contributed by atoms with E-state index in [2.05, 4.69) is 5.32 Å². The van der Waals surface area contributed by atoms with Crippen LogP contribution in [0.2, 0.25) is 0 Å². The molecule has 5 heteroatoms. The molecule has 0 fully saturated rings. The average Bonchev–Trinajstić information content (AvgIpc) is 2.44. The summed E-state index contributed by atoms with van der Waals surface area (Å²) in [5.41, 5.74) is 3.05. The van der Waals surface area contributed by atoms with Crippen molar-refractivity contribution in [1.29, 1.82) is 0 Å². The number of carboxylic acids is 1. The van der Waals surface area contributed by atoms with Gasteiger partial charge in [0.25, 0.3) is 0 Å². The van der Waals surface area contributed by atoms with Gasteiger partial charge in [-0.1, -0.05) is 0 Å². The SMILES string of the molecule is CC(=O)NC(Cc1cc(C)n(C)c1C)C(=O)O. The van der Waals surface area contributed by atoms with Crippen LogP contribution in [0.5, 0.6) is 0 Å². The average molecular weight is 238 g/mol. The standard InChI is InChI=1S/C12H18N2O3/c1-7-5-10(8(2)14(7)4)6-11(12(16)17)13-9(3)15/h5,11H,6H2,1-4H3,(H,13,15)(H,16,17). The third-order valence-corrected chi connectivity index (χ3v) is 2.98. The summed E-state index contributed by atoms with van der Waals surface area (Å²) in [7, 11) is 1.93. The van der Waals surface area contributed by atoms with Crippen molar-refractivity contribution >= 4 is 11.9 Å². The molecule has 17 heavy (non-hydrogen) atoms. The summed E-state index contributed by atoms with van der Waals surface area (Å²) in [6.07, 6.45) is 0.308. The zero-order valence-electron chi connectivity index (χ0n) is 10.6. The van der Waals surface area contributed by atoms with Crippen LogP contribution < -0.4 is 5.32 Å². The van der Waals surface area contributed by atoms with Gasteiger partial charge in [0.05, 0.1) is 0 Å². The first-order valence-corrected chi connectivity index (χ1v) is 5.44. The third kappa shape index (κ3) is 3.09. The predicted molar refractivity (Wildman–Crippen MR) is 63.8 cm³/mol. The Morgan fingerprint density at radius 3 is 2.41 bits per heavy atom. The molecular weight excluding hydrogens is 220 g/mol. The van der Waals surface area contributed by atoms with Crippen molar-refractivity contribution in [3.05, 3.63) is 23.0 Å². The first-order chi connectivity index (χ1) is 7.82. The Balaban J connectivity index is 2.89. The quantitative estimate of drug-likeness (QED) is 0.814. The molecule has 1 heterocycles. The number of carbonyl (C=O) groups excluding carboxylic acids is 1. The lowest BCUT2D eigenvalue weighted by Gasteiger charge is -2.13. The maximum Gasteiger partial charge on any atom is 0.326 e. The van der Waals surface area contributed by atoms with E-state index in [4.69, 9.17) is 5.11 Å². The molecule has 0 aromatic carbocycles. The number of aromatic nitrogens is 1. The normalized spacial score (nSPS) is 12.2. The first-order valence-electron chi connectivity index (χ1n) is 5.44. The van der Waals surface area contributed by atoms with Gasteiger partial charge in [0.15, 0.2) is 0 Å². The third-order valence-electron chi connectivity index (χ3n) is 2.98. The fourth-order valence-corrected chi connectivity index (χ4v) is 1.81. The molecule has 0 bridgehead atoms. The number of nitrogens with zero attached hydrogens (tertiary/aromatic N) is 1. The number of nitrogens with one attached hydrogen (secondary N) is 1. The molecule has 2 N–H and O–H groups in total. The van der Waals surface area contributed by atoms with E-state index >= 15 is 0 Å². The maximum absolute atomic E-state index is 11.0. The number of hydrogen-bond donors (Lipinski definition) is 2. The minimum Gasteiger partial charge on any atom is -0.480 e. The summed E-state index contributed by atoms with van der Waals surface area (Å²) in [6.45, 7) is 5.22. The highest BCUT2D eigenvalue weighted by atomic mass is 16.4. The smallest absolute Gasteiger partial charge is 0.326 e. The van der Waals surface area contributed by atoms with Gasteiger partial charge in [0, 0.05) is 31.8 Å². The van der Waals surface area contributed by atoms with E-state index < -0.39 is 12.0 Å². The number of carbonyl (C=O) groups is 2. The number of carboxylic acid groups (broad SMARTS) is 1. The van der Waals surface area contributed by atoms with Crippen molar-refractivity contribution in [2.45, 2.75) is 33.2 Å². The van der Waals surface area contributed by atoms with Crippen molar-refractivity contribution in [2.24, 2.45) is 7.05 Å². The molecule has 0 aliphatic heterocycles. The zero-order valence-corrected chi connectivity index (χ0v) is 10.6. The van der Waals surface area contributed by atoms with Gasteiger partial charge >= 0.3 is 5.97 Å². The van der Waals surface area contributed by atoms with Gasteiger partial charge < -0.3 is 15.0 Å². The van der Waals surface area contributed by atoms with E-state index in [0.717, 1.165) is 17.0 Å². The Morgan fingerprint density at radius 1 is 1.47 bits per heavy atom. The first kappa shape index (κ1) is 13.3. The van der Waals surface area contributed by atoms with Crippen LogP contribution in [-0.4, -0.2) is 27.6 Å². The van der Waals surface area contributed by atoms with E-state index in [-0.39, 0.29) is 5.91 Å². The van der Waals surface area contributed by atoms with Crippen molar-refractivity contribution in [2.75, 3.05) is 0 Å². The van der Waals surface area contributed by atoms with Gasteiger partial charge in [0.1, 0.15) is 6.04 Å². The number of hydrogen-bond acceptors (Lipinski definition) is 2. The second-order valence-electron chi connectivity index (χ2n) is 4.25. The largest absolute Gasteiger partial charge is 0.480 e.